The van der Waals surface area contributed by atoms with Crippen LogP contribution in [-0.2, 0) is 21.5 Å². The maximum atomic E-state index is 15.0. The van der Waals surface area contributed by atoms with Crippen molar-refractivity contribution >= 4 is 21.8 Å². The van der Waals surface area contributed by atoms with E-state index in [0.717, 1.165) is 13.0 Å². The quantitative estimate of drug-likeness (QED) is 0.818. The highest BCUT2D eigenvalue weighted by atomic mass is 32.2. The standard InChI is InChI=1S/C16H19FN4O4S/c1-10(2)5-6-20-7-12(18-9-20)11-3-4-13(22)16(15(11)17)21-8-14(23)19-26(21,24)25/h3-4,7,9-10,22H,5-6,8H2,1-2H3,(H,19,23). The van der Waals surface area contributed by atoms with Crippen molar-refractivity contribution in [1.29, 1.82) is 0 Å². The summed E-state index contributed by atoms with van der Waals surface area (Å²) >= 11 is 0. The molecule has 0 saturated carbocycles. The van der Waals surface area contributed by atoms with Crippen LogP contribution in [0.5, 0.6) is 5.75 Å². The number of hydrogen-bond donors (Lipinski definition) is 2. The van der Waals surface area contributed by atoms with Crippen molar-refractivity contribution in [1.82, 2.24) is 14.3 Å². The summed E-state index contributed by atoms with van der Waals surface area (Å²) in [5, 5.41) is 9.98. The molecule has 8 nitrogen and oxygen atoms in total. The fraction of sp³-hybridized carbons (Fsp3) is 0.375. The van der Waals surface area contributed by atoms with Crippen LogP contribution in [0.15, 0.2) is 24.7 Å². The summed E-state index contributed by atoms with van der Waals surface area (Å²) in [5.41, 5.74) is -0.225. The number of carbonyl (C=O) groups is 1. The molecule has 0 unspecified atom stereocenters. The number of hydrogen-bond acceptors (Lipinski definition) is 5. The van der Waals surface area contributed by atoms with Gasteiger partial charge in [-0.2, -0.15) is 8.42 Å². The van der Waals surface area contributed by atoms with E-state index in [0.29, 0.717) is 15.9 Å². The number of nitrogens with zero attached hydrogens (tertiary/aromatic N) is 3. The highest BCUT2D eigenvalue weighted by molar-refractivity contribution is 7.92. The molecule has 0 radical (unpaired) electrons. The van der Waals surface area contributed by atoms with E-state index in [2.05, 4.69) is 18.8 Å². The van der Waals surface area contributed by atoms with Gasteiger partial charge in [0.2, 0.25) is 0 Å². The van der Waals surface area contributed by atoms with Gasteiger partial charge in [0.15, 0.2) is 5.82 Å². The van der Waals surface area contributed by atoms with Gasteiger partial charge in [0, 0.05) is 18.3 Å². The number of amides is 1. The second-order valence-corrected chi connectivity index (χ2v) is 8.11. The highest BCUT2D eigenvalue weighted by Gasteiger charge is 2.38. The number of nitrogens with one attached hydrogen (secondary N) is 1. The molecule has 1 aromatic heterocycles. The zero-order valence-corrected chi connectivity index (χ0v) is 15.1. The van der Waals surface area contributed by atoms with Gasteiger partial charge in [0.1, 0.15) is 18.0 Å². The van der Waals surface area contributed by atoms with Crippen molar-refractivity contribution in [3.63, 3.8) is 0 Å². The molecule has 26 heavy (non-hydrogen) atoms. The Balaban J connectivity index is 2.00. The highest BCUT2D eigenvalue weighted by Crippen LogP contribution is 2.38. The second-order valence-electron chi connectivity index (χ2n) is 6.51. The molecule has 1 aromatic carbocycles. The Morgan fingerprint density at radius 3 is 2.73 bits per heavy atom. The van der Waals surface area contributed by atoms with Crippen LogP contribution >= 0.6 is 0 Å². The van der Waals surface area contributed by atoms with Crippen molar-refractivity contribution in [2.75, 3.05) is 10.8 Å². The number of phenols is 1. The fourth-order valence-electron chi connectivity index (χ4n) is 2.66. The number of aromatic nitrogens is 2. The zero-order valence-electron chi connectivity index (χ0n) is 14.3. The largest absolute Gasteiger partial charge is 0.506 e. The molecular formula is C16H19FN4O4S. The van der Waals surface area contributed by atoms with Crippen molar-refractivity contribution in [2.45, 2.75) is 26.8 Å². The van der Waals surface area contributed by atoms with Gasteiger partial charge in [-0.15, -0.1) is 0 Å². The molecule has 1 fully saturated rings. The Hall–Kier alpha value is -2.62. The van der Waals surface area contributed by atoms with Gasteiger partial charge in [-0.25, -0.2) is 18.4 Å². The molecule has 2 N–H and O–H groups in total. The van der Waals surface area contributed by atoms with E-state index in [1.54, 1.807) is 17.2 Å². The molecule has 1 amide bonds. The first-order valence-electron chi connectivity index (χ1n) is 8.06. The molecule has 2 aromatic rings. The van der Waals surface area contributed by atoms with E-state index >= 15 is 4.39 Å². The number of rotatable bonds is 5. The number of benzene rings is 1. The lowest BCUT2D eigenvalue weighted by atomic mass is 10.1. The third kappa shape index (κ3) is 3.36. The van der Waals surface area contributed by atoms with Crippen molar-refractivity contribution in [2.24, 2.45) is 5.92 Å². The van der Waals surface area contributed by atoms with Gasteiger partial charge in [-0.1, -0.05) is 13.8 Å². The van der Waals surface area contributed by atoms with Gasteiger partial charge in [-0.05, 0) is 24.5 Å². The molecule has 3 rings (SSSR count). The molecular weight excluding hydrogens is 363 g/mol. The molecule has 1 aliphatic rings. The van der Waals surface area contributed by atoms with Crippen LogP contribution < -0.4 is 9.03 Å². The van der Waals surface area contributed by atoms with Gasteiger partial charge >= 0.3 is 10.2 Å². The topological polar surface area (TPSA) is 105 Å². The average Bonchev–Trinajstić information content (AvgIpc) is 3.09. The van der Waals surface area contributed by atoms with Crippen molar-refractivity contribution in [3.05, 3.63) is 30.5 Å². The van der Waals surface area contributed by atoms with Crippen molar-refractivity contribution in [3.8, 4) is 17.0 Å². The fourth-order valence-corrected chi connectivity index (χ4v) is 3.83. The molecule has 140 valence electrons. The van der Waals surface area contributed by atoms with E-state index < -0.39 is 39.9 Å². The third-order valence-electron chi connectivity index (χ3n) is 4.04. The Morgan fingerprint density at radius 1 is 1.38 bits per heavy atom. The van der Waals surface area contributed by atoms with Crippen LogP contribution in [-0.4, -0.2) is 35.5 Å². The van der Waals surface area contributed by atoms with Crippen LogP contribution in [0, 0.1) is 11.7 Å². The summed E-state index contributed by atoms with van der Waals surface area (Å²) in [5.74, 6) is -1.83. The molecule has 0 spiro atoms. The van der Waals surface area contributed by atoms with Gasteiger partial charge in [0.25, 0.3) is 5.91 Å². The maximum Gasteiger partial charge on any atom is 0.326 e. The van der Waals surface area contributed by atoms with Crippen LogP contribution in [0.3, 0.4) is 0 Å². The first-order chi connectivity index (χ1) is 12.2. The number of carbonyl (C=O) groups excluding carboxylic acids is 1. The van der Waals surface area contributed by atoms with Crippen LogP contribution in [0.1, 0.15) is 20.3 Å². The number of phenolic OH excluding ortho intramolecular Hbond substituents is 1. The Labute approximate surface area is 150 Å². The number of aryl methyl sites for hydroxylation is 1. The number of aromatic hydroxyl groups is 1. The predicted molar refractivity (Wildman–Crippen MR) is 93.1 cm³/mol. The monoisotopic (exact) mass is 382 g/mol. The van der Waals surface area contributed by atoms with E-state index in [4.69, 9.17) is 0 Å². The number of imidazole rings is 1. The van der Waals surface area contributed by atoms with E-state index in [1.807, 2.05) is 4.57 Å². The molecule has 1 aliphatic heterocycles. The molecule has 1 saturated heterocycles. The average molecular weight is 382 g/mol. The lowest BCUT2D eigenvalue weighted by Crippen LogP contribution is -2.30. The Morgan fingerprint density at radius 2 is 2.12 bits per heavy atom. The van der Waals surface area contributed by atoms with E-state index in [1.165, 1.54) is 12.1 Å². The van der Waals surface area contributed by atoms with E-state index in [9.17, 15) is 18.3 Å². The van der Waals surface area contributed by atoms with Crippen LogP contribution in [0.25, 0.3) is 11.3 Å². The molecule has 2 heterocycles. The molecule has 0 aliphatic carbocycles. The summed E-state index contributed by atoms with van der Waals surface area (Å²) in [4.78, 5) is 15.6. The lowest BCUT2D eigenvalue weighted by Gasteiger charge is -2.18. The predicted octanol–water partition coefficient (Wildman–Crippen LogP) is 1.62. The first kappa shape index (κ1) is 18.2. The molecule has 0 bridgehead atoms. The smallest absolute Gasteiger partial charge is 0.326 e. The van der Waals surface area contributed by atoms with E-state index in [-0.39, 0.29) is 5.56 Å². The SMILES string of the molecule is CC(C)CCn1cnc(-c2ccc(O)c(N3CC(=O)NS3(=O)=O)c2F)c1. The lowest BCUT2D eigenvalue weighted by molar-refractivity contribution is -0.117. The summed E-state index contributed by atoms with van der Waals surface area (Å²) in [7, 11) is -4.24. The second kappa shape index (κ2) is 6.60. The summed E-state index contributed by atoms with van der Waals surface area (Å²) < 4.78 is 43.0. The minimum atomic E-state index is -4.24. The zero-order chi connectivity index (χ0) is 19.1. The Kier molecular flexibility index (Phi) is 4.61. The van der Waals surface area contributed by atoms with Gasteiger partial charge in [0.05, 0.1) is 12.0 Å². The molecule has 10 heteroatoms. The van der Waals surface area contributed by atoms with Gasteiger partial charge < -0.3 is 9.67 Å². The minimum absolute atomic E-state index is 0.0376. The Bertz CT molecular complexity index is 955. The summed E-state index contributed by atoms with van der Waals surface area (Å²) in [6.45, 7) is 4.31. The normalized spacial score (nSPS) is 16.3. The van der Waals surface area contributed by atoms with Crippen LogP contribution in [0.2, 0.25) is 0 Å². The first-order valence-corrected chi connectivity index (χ1v) is 9.50. The summed E-state index contributed by atoms with van der Waals surface area (Å²) in [6.07, 6.45) is 4.16. The molecule has 0 atom stereocenters. The maximum absolute atomic E-state index is 15.0. The third-order valence-corrected chi connectivity index (χ3v) is 5.42. The minimum Gasteiger partial charge on any atom is -0.506 e. The van der Waals surface area contributed by atoms with Gasteiger partial charge in [-0.3, -0.25) is 4.79 Å². The van der Waals surface area contributed by atoms with Crippen LogP contribution in [0.4, 0.5) is 10.1 Å². The summed E-state index contributed by atoms with van der Waals surface area (Å²) in [6, 6.07) is 2.50. The van der Waals surface area contributed by atoms with Crippen molar-refractivity contribution < 1.29 is 22.7 Å². The number of halogens is 1. The number of anilines is 1.